The molecule has 2 N–H and O–H groups in total. The van der Waals surface area contributed by atoms with E-state index in [1.807, 2.05) is 6.92 Å². The minimum Gasteiger partial charge on any atom is -0.336 e. The summed E-state index contributed by atoms with van der Waals surface area (Å²) in [4.78, 5) is 14.1. The molecule has 0 heterocycles. The van der Waals surface area contributed by atoms with E-state index in [1.54, 1.807) is 4.90 Å². The number of hydrogen-bond acceptors (Lipinski definition) is 3. The average Bonchev–Trinajstić information content (AvgIpc) is 3.17. The Morgan fingerprint density at radius 3 is 2.55 bits per heavy atom. The molecule has 0 radical (unpaired) electrons. The number of rotatable bonds is 5. The molecular formula is C13H17ClN2O3S. The predicted molar refractivity (Wildman–Crippen MR) is 77.2 cm³/mol. The molecule has 0 unspecified atom stereocenters. The zero-order valence-electron chi connectivity index (χ0n) is 11.2. The highest BCUT2D eigenvalue weighted by Crippen LogP contribution is 2.29. The summed E-state index contributed by atoms with van der Waals surface area (Å²) in [6, 6.07) is 4.27. The summed E-state index contributed by atoms with van der Waals surface area (Å²) in [5.41, 5.74) is 0.266. The first-order valence-corrected chi connectivity index (χ1v) is 8.39. The fourth-order valence-electron chi connectivity index (χ4n) is 2.09. The molecule has 1 aromatic carbocycles. The van der Waals surface area contributed by atoms with Crippen LogP contribution in [0.15, 0.2) is 23.1 Å². The van der Waals surface area contributed by atoms with Gasteiger partial charge in [0.25, 0.3) is 5.91 Å². The molecule has 1 aliphatic carbocycles. The smallest absolute Gasteiger partial charge is 0.254 e. The van der Waals surface area contributed by atoms with Crippen LogP contribution in [0, 0.1) is 0 Å². The number of hydrogen-bond donors (Lipinski definition) is 1. The van der Waals surface area contributed by atoms with Gasteiger partial charge < -0.3 is 4.90 Å². The van der Waals surface area contributed by atoms with Crippen molar-refractivity contribution in [1.29, 1.82) is 0 Å². The summed E-state index contributed by atoms with van der Waals surface area (Å²) in [7, 11) is -3.88. The van der Waals surface area contributed by atoms with Gasteiger partial charge in [-0.3, -0.25) is 4.79 Å². The summed E-state index contributed by atoms with van der Waals surface area (Å²) >= 11 is 5.89. The van der Waals surface area contributed by atoms with Crippen LogP contribution in [0.2, 0.25) is 5.02 Å². The second-order valence-corrected chi connectivity index (χ2v) is 6.95. The van der Waals surface area contributed by atoms with Crippen molar-refractivity contribution < 1.29 is 13.2 Å². The summed E-state index contributed by atoms with van der Waals surface area (Å²) in [6.45, 7) is 2.65. The highest BCUT2D eigenvalue weighted by atomic mass is 35.5. The van der Waals surface area contributed by atoms with Crippen LogP contribution < -0.4 is 5.14 Å². The van der Waals surface area contributed by atoms with E-state index < -0.39 is 10.0 Å². The number of carbonyl (C=O) groups excluding carboxylic acids is 1. The molecule has 1 fully saturated rings. The van der Waals surface area contributed by atoms with Gasteiger partial charge in [-0.05, 0) is 37.5 Å². The molecule has 0 saturated heterocycles. The van der Waals surface area contributed by atoms with Crippen LogP contribution in [0.4, 0.5) is 0 Å². The maximum absolute atomic E-state index is 12.5. The highest BCUT2D eigenvalue weighted by Gasteiger charge is 2.32. The molecule has 5 nitrogen and oxygen atoms in total. The van der Waals surface area contributed by atoms with Crippen LogP contribution in [0.3, 0.4) is 0 Å². The lowest BCUT2D eigenvalue weighted by Gasteiger charge is -2.22. The van der Waals surface area contributed by atoms with Gasteiger partial charge in [-0.15, -0.1) is 0 Å². The van der Waals surface area contributed by atoms with Gasteiger partial charge in [-0.25, -0.2) is 13.6 Å². The normalized spacial score (nSPS) is 15.2. The molecule has 110 valence electrons. The molecule has 1 aliphatic rings. The van der Waals surface area contributed by atoms with E-state index in [9.17, 15) is 13.2 Å². The molecule has 0 spiro atoms. The van der Waals surface area contributed by atoms with Crippen molar-refractivity contribution in [3.05, 3.63) is 28.8 Å². The molecular weight excluding hydrogens is 300 g/mol. The standard InChI is InChI=1S/C13H17ClN2O3S/c1-2-5-16(11-3-4-11)13(17)9-6-10(14)8-12(7-9)20(15,18)19/h6-8,11H,2-5H2,1H3,(H2,15,18,19). The Kier molecular flexibility index (Phi) is 4.36. The number of amides is 1. The van der Waals surface area contributed by atoms with E-state index in [-0.39, 0.29) is 27.4 Å². The van der Waals surface area contributed by atoms with Crippen molar-refractivity contribution in [2.24, 2.45) is 5.14 Å². The topological polar surface area (TPSA) is 80.5 Å². The van der Waals surface area contributed by atoms with Gasteiger partial charge in [0, 0.05) is 23.2 Å². The number of carbonyl (C=O) groups is 1. The molecule has 1 amide bonds. The van der Waals surface area contributed by atoms with Gasteiger partial charge in [0.2, 0.25) is 10.0 Å². The summed E-state index contributed by atoms with van der Waals surface area (Å²) < 4.78 is 22.8. The maximum Gasteiger partial charge on any atom is 0.254 e. The maximum atomic E-state index is 12.5. The van der Waals surface area contributed by atoms with Gasteiger partial charge in [0.05, 0.1) is 4.90 Å². The molecule has 0 aromatic heterocycles. The number of sulfonamides is 1. The van der Waals surface area contributed by atoms with Crippen LogP contribution in [0.5, 0.6) is 0 Å². The van der Waals surface area contributed by atoms with Crippen LogP contribution in [0.25, 0.3) is 0 Å². The molecule has 1 aromatic rings. The van der Waals surface area contributed by atoms with E-state index in [1.165, 1.54) is 18.2 Å². The van der Waals surface area contributed by atoms with E-state index in [2.05, 4.69) is 0 Å². The third-order valence-corrected chi connectivity index (χ3v) is 4.27. The molecule has 20 heavy (non-hydrogen) atoms. The molecule has 0 atom stereocenters. The van der Waals surface area contributed by atoms with Crippen LogP contribution >= 0.6 is 11.6 Å². The Labute approximate surface area is 123 Å². The number of primary sulfonamides is 1. The number of nitrogens with two attached hydrogens (primary N) is 1. The zero-order chi connectivity index (χ0) is 14.9. The minimum absolute atomic E-state index is 0.138. The van der Waals surface area contributed by atoms with Gasteiger partial charge in [-0.2, -0.15) is 0 Å². The first-order chi connectivity index (χ1) is 9.32. The van der Waals surface area contributed by atoms with E-state index in [0.717, 1.165) is 19.3 Å². The Bertz CT molecular complexity index is 627. The first-order valence-electron chi connectivity index (χ1n) is 6.47. The summed E-state index contributed by atoms with van der Waals surface area (Å²) in [6.07, 6.45) is 2.84. The highest BCUT2D eigenvalue weighted by molar-refractivity contribution is 7.89. The third kappa shape index (κ3) is 3.50. The molecule has 2 rings (SSSR count). The SMILES string of the molecule is CCCN(C(=O)c1cc(Cl)cc(S(N)(=O)=O)c1)C1CC1. The molecule has 7 heteroatoms. The average molecular weight is 317 g/mol. The van der Waals surface area contributed by atoms with Gasteiger partial charge in [0.1, 0.15) is 0 Å². The van der Waals surface area contributed by atoms with E-state index >= 15 is 0 Å². The monoisotopic (exact) mass is 316 g/mol. The lowest BCUT2D eigenvalue weighted by Crippen LogP contribution is -2.34. The Hall–Kier alpha value is -1.11. The second-order valence-electron chi connectivity index (χ2n) is 4.95. The Balaban J connectivity index is 2.36. The lowest BCUT2D eigenvalue weighted by molar-refractivity contribution is 0.0743. The van der Waals surface area contributed by atoms with Crippen LogP contribution in [-0.4, -0.2) is 31.8 Å². The van der Waals surface area contributed by atoms with E-state index in [0.29, 0.717) is 6.54 Å². The van der Waals surface area contributed by atoms with Gasteiger partial charge >= 0.3 is 0 Å². The first kappa shape index (κ1) is 15.3. The number of nitrogens with zero attached hydrogens (tertiary/aromatic N) is 1. The predicted octanol–water partition coefficient (Wildman–Crippen LogP) is 2.00. The molecule has 0 aliphatic heterocycles. The van der Waals surface area contributed by atoms with Crippen molar-refractivity contribution in [2.45, 2.75) is 37.1 Å². The van der Waals surface area contributed by atoms with Crippen molar-refractivity contribution in [3.63, 3.8) is 0 Å². The third-order valence-electron chi connectivity index (χ3n) is 3.16. The lowest BCUT2D eigenvalue weighted by atomic mass is 10.2. The Morgan fingerprint density at radius 2 is 2.05 bits per heavy atom. The summed E-state index contributed by atoms with van der Waals surface area (Å²) in [5.74, 6) is -0.193. The van der Waals surface area contributed by atoms with Gasteiger partial charge in [-0.1, -0.05) is 18.5 Å². The Morgan fingerprint density at radius 1 is 1.40 bits per heavy atom. The number of benzene rings is 1. The fraction of sp³-hybridized carbons (Fsp3) is 0.462. The number of halogens is 1. The largest absolute Gasteiger partial charge is 0.336 e. The minimum atomic E-state index is -3.88. The van der Waals surface area contributed by atoms with Crippen molar-refractivity contribution in [1.82, 2.24) is 4.90 Å². The van der Waals surface area contributed by atoms with Crippen molar-refractivity contribution in [2.75, 3.05) is 6.54 Å². The van der Waals surface area contributed by atoms with Crippen molar-refractivity contribution in [3.8, 4) is 0 Å². The fourth-order valence-corrected chi connectivity index (χ4v) is 2.98. The quantitative estimate of drug-likeness (QED) is 0.902. The van der Waals surface area contributed by atoms with Crippen molar-refractivity contribution >= 4 is 27.5 Å². The van der Waals surface area contributed by atoms with Gasteiger partial charge in [0.15, 0.2) is 0 Å². The second kappa shape index (κ2) is 5.71. The molecule has 1 saturated carbocycles. The van der Waals surface area contributed by atoms with Crippen LogP contribution in [-0.2, 0) is 10.0 Å². The zero-order valence-corrected chi connectivity index (χ0v) is 12.7. The van der Waals surface area contributed by atoms with Crippen LogP contribution in [0.1, 0.15) is 36.5 Å². The summed E-state index contributed by atoms with van der Waals surface area (Å²) in [5, 5.41) is 5.28. The molecule has 0 bridgehead atoms. The van der Waals surface area contributed by atoms with E-state index in [4.69, 9.17) is 16.7 Å².